The van der Waals surface area contributed by atoms with Crippen molar-refractivity contribution in [2.75, 3.05) is 5.32 Å². The summed E-state index contributed by atoms with van der Waals surface area (Å²) in [6.45, 7) is 0. The van der Waals surface area contributed by atoms with Crippen LogP contribution in [0.3, 0.4) is 0 Å². The van der Waals surface area contributed by atoms with Crippen LogP contribution >= 0.6 is 0 Å². The minimum Gasteiger partial charge on any atom is -0.377 e. The predicted octanol–water partition coefficient (Wildman–Crippen LogP) is 5.81. The molecule has 0 spiro atoms. The molecule has 0 unspecified atom stereocenters. The van der Waals surface area contributed by atoms with Gasteiger partial charge in [0.2, 0.25) is 0 Å². The molecule has 3 aromatic carbocycles. The summed E-state index contributed by atoms with van der Waals surface area (Å²) in [6, 6.07) is 20.1. The fourth-order valence-electron chi connectivity index (χ4n) is 4.37. The first-order valence-corrected chi connectivity index (χ1v) is 8.51. The Kier molecular flexibility index (Phi) is 2.99. The van der Waals surface area contributed by atoms with Crippen molar-refractivity contribution >= 4 is 16.5 Å². The second-order valence-electron chi connectivity index (χ2n) is 6.78. The van der Waals surface area contributed by atoms with Gasteiger partial charge >= 0.3 is 0 Å². The van der Waals surface area contributed by atoms with Crippen LogP contribution in [0.15, 0.2) is 72.8 Å². The van der Waals surface area contributed by atoms with E-state index in [9.17, 15) is 4.39 Å². The van der Waals surface area contributed by atoms with E-state index in [-0.39, 0.29) is 11.9 Å². The lowest BCUT2D eigenvalue weighted by atomic mass is 9.76. The smallest absolute Gasteiger partial charge is 0.123 e. The molecule has 0 aromatic heterocycles. The maximum atomic E-state index is 13.8. The van der Waals surface area contributed by atoms with Crippen LogP contribution < -0.4 is 5.32 Å². The lowest BCUT2D eigenvalue weighted by Gasteiger charge is -2.38. The third-order valence-corrected chi connectivity index (χ3v) is 5.47. The second-order valence-corrected chi connectivity index (χ2v) is 6.78. The minimum atomic E-state index is -0.166. The first-order chi connectivity index (χ1) is 11.8. The molecule has 0 saturated carbocycles. The van der Waals surface area contributed by atoms with E-state index < -0.39 is 0 Å². The zero-order chi connectivity index (χ0) is 16.1. The topological polar surface area (TPSA) is 12.0 Å². The molecule has 0 radical (unpaired) electrons. The number of rotatable bonds is 1. The number of nitrogens with one attached hydrogen (secondary N) is 1. The summed E-state index contributed by atoms with van der Waals surface area (Å²) in [5, 5.41) is 6.23. The molecule has 1 aliphatic heterocycles. The molecule has 1 heterocycles. The summed E-state index contributed by atoms with van der Waals surface area (Å²) in [6.07, 6.45) is 5.63. The molecule has 0 amide bonds. The molecule has 3 aromatic rings. The maximum absolute atomic E-state index is 13.8. The molecule has 2 heteroatoms. The summed E-state index contributed by atoms with van der Waals surface area (Å²) in [5.74, 6) is 0.681. The molecule has 2 aliphatic rings. The van der Waals surface area contributed by atoms with Crippen LogP contribution in [0.4, 0.5) is 10.1 Å². The van der Waals surface area contributed by atoms with Gasteiger partial charge in [0.15, 0.2) is 0 Å². The number of anilines is 1. The van der Waals surface area contributed by atoms with Gasteiger partial charge < -0.3 is 5.32 Å². The minimum absolute atomic E-state index is 0.138. The second kappa shape index (κ2) is 5.20. The number of fused-ring (bicyclic) bond motifs is 5. The van der Waals surface area contributed by atoms with Crippen LogP contribution in [-0.2, 0) is 0 Å². The molecule has 5 rings (SSSR count). The molecule has 3 atom stereocenters. The summed E-state index contributed by atoms with van der Waals surface area (Å²) in [5.41, 5.74) is 3.60. The van der Waals surface area contributed by atoms with E-state index >= 15 is 0 Å². The van der Waals surface area contributed by atoms with Crippen LogP contribution in [-0.4, -0.2) is 0 Å². The van der Waals surface area contributed by atoms with E-state index in [1.54, 1.807) is 6.07 Å². The molecule has 1 aliphatic carbocycles. The van der Waals surface area contributed by atoms with Crippen molar-refractivity contribution in [3.63, 3.8) is 0 Å². The maximum Gasteiger partial charge on any atom is 0.123 e. The highest BCUT2D eigenvalue weighted by Crippen LogP contribution is 2.51. The van der Waals surface area contributed by atoms with Crippen molar-refractivity contribution in [2.24, 2.45) is 5.92 Å². The lowest BCUT2D eigenvalue weighted by Crippen LogP contribution is -2.29. The van der Waals surface area contributed by atoms with Crippen LogP contribution in [0.5, 0.6) is 0 Å². The Bertz CT molecular complexity index is 959. The highest BCUT2D eigenvalue weighted by molar-refractivity contribution is 5.96. The Morgan fingerprint density at radius 2 is 1.88 bits per heavy atom. The largest absolute Gasteiger partial charge is 0.377 e. The van der Waals surface area contributed by atoms with Gasteiger partial charge in [-0.05, 0) is 41.0 Å². The van der Waals surface area contributed by atoms with Crippen LogP contribution in [0, 0.1) is 11.7 Å². The molecule has 118 valence electrons. The highest BCUT2D eigenvalue weighted by Gasteiger charge is 2.38. The fraction of sp³-hybridized carbons (Fsp3) is 0.182. The highest BCUT2D eigenvalue weighted by atomic mass is 19.1. The normalized spacial score (nSPS) is 24.5. The van der Waals surface area contributed by atoms with Gasteiger partial charge in [0.05, 0.1) is 6.04 Å². The predicted molar refractivity (Wildman–Crippen MR) is 96.7 cm³/mol. The first kappa shape index (κ1) is 13.8. The van der Waals surface area contributed by atoms with Gasteiger partial charge in [0.25, 0.3) is 0 Å². The van der Waals surface area contributed by atoms with Crippen molar-refractivity contribution in [1.82, 2.24) is 0 Å². The molecular weight excluding hydrogens is 297 g/mol. The Hall–Kier alpha value is -2.61. The first-order valence-electron chi connectivity index (χ1n) is 8.51. The molecule has 0 bridgehead atoms. The SMILES string of the molecule is Fc1cccc([C@@H]2Nc3c(ccc4ccccc34)[C@H]3C=CC[C@@H]32)c1. The zero-order valence-corrected chi connectivity index (χ0v) is 13.2. The van der Waals surface area contributed by atoms with E-state index in [0.29, 0.717) is 11.8 Å². The number of benzene rings is 3. The van der Waals surface area contributed by atoms with Crippen LogP contribution in [0.1, 0.15) is 29.5 Å². The van der Waals surface area contributed by atoms with Gasteiger partial charge in [-0.25, -0.2) is 4.39 Å². The van der Waals surface area contributed by atoms with Gasteiger partial charge in [-0.3, -0.25) is 0 Å². The van der Waals surface area contributed by atoms with Crippen molar-refractivity contribution in [3.8, 4) is 0 Å². The fourth-order valence-corrected chi connectivity index (χ4v) is 4.37. The monoisotopic (exact) mass is 315 g/mol. The molecule has 24 heavy (non-hydrogen) atoms. The number of allylic oxidation sites excluding steroid dienone is 2. The third kappa shape index (κ3) is 1.99. The van der Waals surface area contributed by atoms with Gasteiger partial charge in [-0.2, -0.15) is 0 Å². The standard InChI is InChI=1S/C22H18FN/c23-16-7-3-6-15(13-16)21-19-10-4-9-18(19)20-12-11-14-5-1-2-8-17(14)22(20)24-21/h1-9,11-13,18-19,21,24H,10H2/t18-,19-,21-/m0/s1. The van der Waals surface area contributed by atoms with Gasteiger partial charge in [0, 0.05) is 17.0 Å². The van der Waals surface area contributed by atoms with E-state index in [1.807, 2.05) is 12.1 Å². The number of halogens is 1. The van der Waals surface area contributed by atoms with E-state index in [1.165, 1.54) is 28.1 Å². The van der Waals surface area contributed by atoms with Gasteiger partial charge in [-0.1, -0.05) is 60.7 Å². The Morgan fingerprint density at radius 3 is 2.79 bits per heavy atom. The van der Waals surface area contributed by atoms with E-state index in [2.05, 4.69) is 53.9 Å². The summed E-state index contributed by atoms with van der Waals surface area (Å²) >= 11 is 0. The summed E-state index contributed by atoms with van der Waals surface area (Å²) in [4.78, 5) is 0. The van der Waals surface area contributed by atoms with Crippen molar-refractivity contribution < 1.29 is 4.39 Å². The third-order valence-electron chi connectivity index (χ3n) is 5.47. The van der Waals surface area contributed by atoms with E-state index in [4.69, 9.17) is 0 Å². The quantitative estimate of drug-likeness (QED) is 0.559. The Balaban J connectivity index is 1.71. The average molecular weight is 315 g/mol. The van der Waals surface area contributed by atoms with Gasteiger partial charge in [-0.15, -0.1) is 0 Å². The van der Waals surface area contributed by atoms with Crippen molar-refractivity contribution in [3.05, 3.63) is 89.8 Å². The van der Waals surface area contributed by atoms with Crippen molar-refractivity contribution in [2.45, 2.75) is 18.4 Å². The molecule has 0 fully saturated rings. The molecule has 0 saturated heterocycles. The lowest BCUT2D eigenvalue weighted by molar-refractivity contribution is 0.425. The summed E-state index contributed by atoms with van der Waals surface area (Å²) < 4.78 is 13.8. The molecular formula is C22H18FN. The Morgan fingerprint density at radius 1 is 0.958 bits per heavy atom. The van der Waals surface area contributed by atoms with Crippen molar-refractivity contribution in [1.29, 1.82) is 0 Å². The molecule has 1 nitrogen and oxygen atoms in total. The number of hydrogen-bond donors (Lipinski definition) is 1. The zero-order valence-electron chi connectivity index (χ0n) is 13.2. The average Bonchev–Trinajstić information content (AvgIpc) is 3.10. The molecule has 1 N–H and O–H groups in total. The number of hydrogen-bond acceptors (Lipinski definition) is 1. The summed E-state index contributed by atoms with van der Waals surface area (Å²) in [7, 11) is 0. The van der Waals surface area contributed by atoms with E-state index in [0.717, 1.165) is 12.0 Å². The van der Waals surface area contributed by atoms with Crippen LogP contribution in [0.2, 0.25) is 0 Å². The van der Waals surface area contributed by atoms with Crippen LogP contribution in [0.25, 0.3) is 10.8 Å². The van der Waals surface area contributed by atoms with Gasteiger partial charge in [0.1, 0.15) is 5.82 Å². The Labute approximate surface area is 140 Å².